The molecule has 0 saturated carbocycles. The van der Waals surface area contributed by atoms with Crippen molar-refractivity contribution in [3.8, 4) is 0 Å². The summed E-state index contributed by atoms with van der Waals surface area (Å²) in [7, 11) is 0. The molecule has 0 bridgehead atoms. The van der Waals surface area contributed by atoms with Crippen LogP contribution in [0, 0.1) is 0 Å². The number of nitrogens with two attached hydrogens (primary N) is 1. The molecule has 0 aromatic carbocycles. The summed E-state index contributed by atoms with van der Waals surface area (Å²) in [6.07, 6.45) is 11.6. The molecule has 0 radical (unpaired) electrons. The van der Waals surface area contributed by atoms with Gasteiger partial charge in [0.2, 0.25) is 0 Å². The first-order valence-corrected chi connectivity index (χ1v) is 7.13. The fourth-order valence-corrected chi connectivity index (χ4v) is 2.72. The molecule has 0 aliphatic heterocycles. The summed E-state index contributed by atoms with van der Waals surface area (Å²) in [5.41, 5.74) is 8.98. The summed E-state index contributed by atoms with van der Waals surface area (Å²) in [4.78, 5) is 0. The summed E-state index contributed by atoms with van der Waals surface area (Å²) in [6, 6.07) is 0.288. The fraction of sp³-hybridized carbons (Fsp3) is 0.667. The molecule has 1 aromatic rings. The Morgan fingerprint density at radius 2 is 2.40 bits per heavy atom. The maximum Gasteiger partial charge on any atom is 0.0312 e. The zero-order chi connectivity index (χ0) is 10.7. The molecular formula is C12H20N2S. The zero-order valence-electron chi connectivity index (χ0n) is 9.41. The van der Waals surface area contributed by atoms with Crippen LogP contribution in [0.25, 0.3) is 0 Å². The molecule has 1 aromatic heterocycles. The maximum absolute atomic E-state index is 6.10. The summed E-state index contributed by atoms with van der Waals surface area (Å²) in [5.74, 6) is 1.24. The fourth-order valence-electron chi connectivity index (χ4n) is 2.30. The molecule has 2 rings (SSSR count). The lowest BCUT2D eigenvalue weighted by atomic mass is 9.92. The number of fused-ring (bicyclic) bond motifs is 1. The minimum absolute atomic E-state index is 0.288. The highest BCUT2D eigenvalue weighted by Gasteiger charge is 2.18. The summed E-state index contributed by atoms with van der Waals surface area (Å²) in [6.45, 7) is 1.14. The SMILES string of the molecule is CSCCCn1cc2c(c1)C(N)CCC2. The second kappa shape index (κ2) is 5.08. The van der Waals surface area contributed by atoms with Crippen LogP contribution < -0.4 is 5.73 Å². The van der Waals surface area contributed by atoms with E-state index in [2.05, 4.69) is 23.2 Å². The number of rotatable bonds is 4. The predicted molar refractivity (Wildman–Crippen MR) is 67.3 cm³/mol. The van der Waals surface area contributed by atoms with Gasteiger partial charge in [0.1, 0.15) is 0 Å². The molecule has 1 heterocycles. The highest BCUT2D eigenvalue weighted by atomic mass is 32.2. The minimum atomic E-state index is 0.288. The smallest absolute Gasteiger partial charge is 0.0312 e. The molecule has 0 amide bonds. The van der Waals surface area contributed by atoms with Gasteiger partial charge in [0.15, 0.2) is 0 Å². The Balaban J connectivity index is 2.01. The Labute approximate surface area is 96.2 Å². The normalized spacial score (nSPS) is 20.3. The Morgan fingerprint density at radius 3 is 3.13 bits per heavy atom. The van der Waals surface area contributed by atoms with E-state index in [-0.39, 0.29) is 6.04 Å². The van der Waals surface area contributed by atoms with Gasteiger partial charge in [0, 0.05) is 25.0 Å². The highest BCUT2D eigenvalue weighted by molar-refractivity contribution is 7.98. The quantitative estimate of drug-likeness (QED) is 0.797. The molecule has 1 aliphatic carbocycles. The van der Waals surface area contributed by atoms with Crippen molar-refractivity contribution in [2.45, 2.75) is 38.3 Å². The van der Waals surface area contributed by atoms with E-state index < -0.39 is 0 Å². The van der Waals surface area contributed by atoms with E-state index in [9.17, 15) is 0 Å². The van der Waals surface area contributed by atoms with Crippen LogP contribution in [-0.2, 0) is 13.0 Å². The third-order valence-corrected chi connectivity index (χ3v) is 3.82. The van der Waals surface area contributed by atoms with Crippen molar-refractivity contribution >= 4 is 11.8 Å². The van der Waals surface area contributed by atoms with Gasteiger partial charge in [-0.25, -0.2) is 0 Å². The van der Waals surface area contributed by atoms with Gasteiger partial charge in [-0.05, 0) is 48.8 Å². The standard InChI is InChI=1S/C12H20N2S/c1-15-7-3-6-14-8-10-4-2-5-12(13)11(10)9-14/h8-9,12H,2-7,13H2,1H3. The Morgan fingerprint density at radius 1 is 1.53 bits per heavy atom. The topological polar surface area (TPSA) is 30.9 Å². The number of nitrogens with zero attached hydrogens (tertiary/aromatic N) is 1. The van der Waals surface area contributed by atoms with Crippen molar-refractivity contribution in [3.63, 3.8) is 0 Å². The number of aromatic nitrogens is 1. The van der Waals surface area contributed by atoms with Crippen molar-refractivity contribution in [1.82, 2.24) is 4.57 Å². The van der Waals surface area contributed by atoms with Gasteiger partial charge >= 0.3 is 0 Å². The predicted octanol–water partition coefficient (Wildman–Crippen LogP) is 2.58. The molecule has 2 N–H and O–H groups in total. The van der Waals surface area contributed by atoms with Crippen molar-refractivity contribution in [2.24, 2.45) is 5.73 Å². The lowest BCUT2D eigenvalue weighted by molar-refractivity contribution is 0.573. The third-order valence-electron chi connectivity index (χ3n) is 3.12. The second-order valence-electron chi connectivity index (χ2n) is 4.32. The molecule has 0 spiro atoms. The monoisotopic (exact) mass is 224 g/mol. The first-order chi connectivity index (χ1) is 7.31. The number of hydrogen-bond donors (Lipinski definition) is 1. The van der Waals surface area contributed by atoms with Gasteiger partial charge < -0.3 is 10.3 Å². The van der Waals surface area contributed by atoms with Crippen LogP contribution in [0.3, 0.4) is 0 Å². The van der Waals surface area contributed by atoms with Crippen LogP contribution in [0.5, 0.6) is 0 Å². The zero-order valence-corrected chi connectivity index (χ0v) is 10.2. The molecule has 84 valence electrons. The van der Waals surface area contributed by atoms with Gasteiger partial charge in [0.05, 0.1) is 0 Å². The molecule has 2 nitrogen and oxygen atoms in total. The van der Waals surface area contributed by atoms with Crippen LogP contribution in [0.2, 0.25) is 0 Å². The van der Waals surface area contributed by atoms with Crippen molar-refractivity contribution in [2.75, 3.05) is 12.0 Å². The van der Waals surface area contributed by atoms with Gasteiger partial charge in [0.25, 0.3) is 0 Å². The number of aryl methyl sites for hydroxylation is 2. The van der Waals surface area contributed by atoms with E-state index in [1.54, 1.807) is 0 Å². The third kappa shape index (κ3) is 2.58. The van der Waals surface area contributed by atoms with Crippen LogP contribution in [0.15, 0.2) is 12.4 Å². The molecule has 1 unspecified atom stereocenters. The Kier molecular flexibility index (Phi) is 3.76. The van der Waals surface area contributed by atoms with Gasteiger partial charge in [-0.2, -0.15) is 11.8 Å². The first-order valence-electron chi connectivity index (χ1n) is 5.74. The maximum atomic E-state index is 6.10. The molecule has 1 aliphatic rings. The largest absolute Gasteiger partial charge is 0.354 e. The van der Waals surface area contributed by atoms with E-state index in [0.717, 1.165) is 13.0 Å². The lowest BCUT2D eigenvalue weighted by Crippen LogP contribution is -2.15. The van der Waals surface area contributed by atoms with Gasteiger partial charge in [-0.3, -0.25) is 0 Å². The van der Waals surface area contributed by atoms with E-state index >= 15 is 0 Å². The summed E-state index contributed by atoms with van der Waals surface area (Å²) < 4.78 is 2.33. The molecule has 15 heavy (non-hydrogen) atoms. The number of hydrogen-bond acceptors (Lipinski definition) is 2. The van der Waals surface area contributed by atoms with Crippen LogP contribution in [-0.4, -0.2) is 16.6 Å². The van der Waals surface area contributed by atoms with Gasteiger partial charge in [-0.1, -0.05) is 0 Å². The summed E-state index contributed by atoms with van der Waals surface area (Å²) in [5, 5.41) is 0. The molecule has 0 fully saturated rings. The average molecular weight is 224 g/mol. The van der Waals surface area contributed by atoms with E-state index in [1.807, 2.05) is 11.8 Å². The molecule has 0 saturated heterocycles. The minimum Gasteiger partial charge on any atom is -0.354 e. The number of thioether (sulfide) groups is 1. The van der Waals surface area contributed by atoms with E-state index in [4.69, 9.17) is 5.73 Å². The summed E-state index contributed by atoms with van der Waals surface area (Å²) >= 11 is 1.92. The van der Waals surface area contributed by atoms with Crippen LogP contribution in [0.1, 0.15) is 36.4 Å². The van der Waals surface area contributed by atoms with Crippen molar-refractivity contribution in [1.29, 1.82) is 0 Å². The Hall–Kier alpha value is -0.410. The second-order valence-corrected chi connectivity index (χ2v) is 5.31. The lowest BCUT2D eigenvalue weighted by Gasteiger charge is -2.17. The van der Waals surface area contributed by atoms with Crippen molar-refractivity contribution < 1.29 is 0 Å². The average Bonchev–Trinajstić information content (AvgIpc) is 2.63. The van der Waals surface area contributed by atoms with E-state index in [0.29, 0.717) is 0 Å². The van der Waals surface area contributed by atoms with Gasteiger partial charge in [-0.15, -0.1) is 0 Å². The first kappa shape index (κ1) is 11.1. The van der Waals surface area contributed by atoms with Crippen LogP contribution in [0.4, 0.5) is 0 Å². The van der Waals surface area contributed by atoms with Crippen LogP contribution >= 0.6 is 11.8 Å². The molecular weight excluding hydrogens is 204 g/mol. The Bertz CT molecular complexity index is 319. The highest BCUT2D eigenvalue weighted by Crippen LogP contribution is 2.28. The van der Waals surface area contributed by atoms with E-state index in [1.165, 1.54) is 36.1 Å². The molecule has 1 atom stereocenters. The molecule has 3 heteroatoms. The van der Waals surface area contributed by atoms with Crippen molar-refractivity contribution in [3.05, 3.63) is 23.5 Å².